The number of nitrogens with zero attached hydrogens (tertiary/aromatic N) is 2. The summed E-state index contributed by atoms with van der Waals surface area (Å²) in [6.45, 7) is 2.11. The summed E-state index contributed by atoms with van der Waals surface area (Å²) < 4.78 is 5.34. The van der Waals surface area contributed by atoms with Crippen LogP contribution in [0.15, 0.2) is 60.9 Å². The van der Waals surface area contributed by atoms with Gasteiger partial charge in [-0.05, 0) is 37.1 Å². The van der Waals surface area contributed by atoms with Crippen molar-refractivity contribution >= 4 is 23.3 Å². The van der Waals surface area contributed by atoms with Crippen molar-refractivity contribution in [1.29, 1.82) is 0 Å². The van der Waals surface area contributed by atoms with Crippen LogP contribution in [0.4, 0.5) is 11.6 Å². The van der Waals surface area contributed by atoms with Crippen LogP contribution in [-0.4, -0.2) is 35.3 Å². The average Bonchev–Trinajstić information content (AvgIpc) is 2.74. The lowest BCUT2D eigenvalue weighted by molar-refractivity contribution is 0.101. The highest BCUT2D eigenvalue weighted by Gasteiger charge is 2.09. The van der Waals surface area contributed by atoms with Gasteiger partial charge in [0, 0.05) is 30.2 Å². The van der Waals surface area contributed by atoms with E-state index in [-0.39, 0.29) is 11.7 Å². The molecule has 0 aliphatic carbocycles. The number of para-hydroxylation sites is 1. The number of rotatable bonds is 8. The fourth-order valence-electron chi connectivity index (χ4n) is 2.77. The van der Waals surface area contributed by atoms with Crippen LogP contribution in [0.5, 0.6) is 5.75 Å². The zero-order valence-electron chi connectivity index (χ0n) is 16.3. The van der Waals surface area contributed by atoms with E-state index in [9.17, 15) is 9.59 Å². The fourth-order valence-corrected chi connectivity index (χ4v) is 2.77. The molecule has 7 heteroatoms. The molecule has 1 amide bonds. The predicted molar refractivity (Wildman–Crippen MR) is 112 cm³/mol. The van der Waals surface area contributed by atoms with E-state index in [2.05, 4.69) is 20.6 Å². The summed E-state index contributed by atoms with van der Waals surface area (Å²) in [5.41, 5.74) is 2.50. The van der Waals surface area contributed by atoms with Gasteiger partial charge in [0.1, 0.15) is 5.75 Å². The first-order valence-corrected chi connectivity index (χ1v) is 9.17. The van der Waals surface area contributed by atoms with E-state index in [1.165, 1.54) is 19.3 Å². The van der Waals surface area contributed by atoms with Crippen molar-refractivity contribution in [1.82, 2.24) is 9.97 Å². The fraction of sp³-hybridized carbons (Fsp3) is 0.182. The topological polar surface area (TPSA) is 93.2 Å². The van der Waals surface area contributed by atoms with Crippen LogP contribution in [0.2, 0.25) is 0 Å². The van der Waals surface area contributed by atoms with Crippen LogP contribution in [-0.2, 0) is 6.42 Å². The second kappa shape index (κ2) is 9.45. The third-order valence-electron chi connectivity index (χ3n) is 4.31. The maximum atomic E-state index is 12.4. The summed E-state index contributed by atoms with van der Waals surface area (Å²) in [5, 5.41) is 5.88. The number of anilines is 2. The minimum absolute atomic E-state index is 0.0621. The summed E-state index contributed by atoms with van der Waals surface area (Å²) in [6.07, 6.45) is 3.67. The number of carbonyl (C=O) groups excluding carboxylic acids is 2. The molecule has 0 radical (unpaired) electrons. The SMILES string of the molecule is COc1ccccc1CCNc1ncc(C(=O)Nc2cccc(C(C)=O)c2)cn1. The van der Waals surface area contributed by atoms with E-state index in [0.29, 0.717) is 29.3 Å². The summed E-state index contributed by atoms with van der Waals surface area (Å²) in [5.74, 6) is 0.880. The molecule has 1 heterocycles. The Morgan fingerprint density at radius 2 is 1.76 bits per heavy atom. The minimum Gasteiger partial charge on any atom is -0.496 e. The lowest BCUT2D eigenvalue weighted by atomic mass is 10.1. The van der Waals surface area contributed by atoms with Crippen molar-refractivity contribution in [2.75, 3.05) is 24.3 Å². The normalized spacial score (nSPS) is 10.3. The van der Waals surface area contributed by atoms with Crippen molar-refractivity contribution < 1.29 is 14.3 Å². The Balaban J connectivity index is 1.56. The van der Waals surface area contributed by atoms with Crippen LogP contribution >= 0.6 is 0 Å². The standard InChI is InChI=1S/C22H22N4O3/c1-15(27)17-7-5-8-19(12-17)26-21(28)18-13-24-22(25-14-18)23-11-10-16-6-3-4-9-20(16)29-2/h3-9,12-14H,10-11H2,1-2H3,(H,26,28)(H,23,24,25). The summed E-state index contributed by atoms with van der Waals surface area (Å²) in [4.78, 5) is 32.2. The third-order valence-corrected chi connectivity index (χ3v) is 4.31. The molecule has 1 aromatic heterocycles. The van der Waals surface area contributed by atoms with E-state index in [0.717, 1.165) is 17.7 Å². The Hall–Kier alpha value is -3.74. The lowest BCUT2D eigenvalue weighted by Gasteiger charge is -2.09. The smallest absolute Gasteiger partial charge is 0.258 e. The van der Waals surface area contributed by atoms with Crippen LogP contribution in [0.25, 0.3) is 0 Å². The zero-order chi connectivity index (χ0) is 20.6. The Kier molecular flexibility index (Phi) is 6.52. The van der Waals surface area contributed by atoms with E-state index in [1.54, 1.807) is 31.4 Å². The first-order valence-electron chi connectivity index (χ1n) is 9.17. The van der Waals surface area contributed by atoms with Gasteiger partial charge in [0.2, 0.25) is 5.95 Å². The summed E-state index contributed by atoms with van der Waals surface area (Å²) in [6, 6.07) is 14.6. The van der Waals surface area contributed by atoms with Crippen LogP contribution in [0, 0.1) is 0 Å². The molecular weight excluding hydrogens is 368 g/mol. The number of hydrogen-bond donors (Lipinski definition) is 2. The van der Waals surface area contributed by atoms with Gasteiger partial charge in [-0.2, -0.15) is 0 Å². The van der Waals surface area contributed by atoms with Crippen LogP contribution in [0.1, 0.15) is 33.2 Å². The van der Waals surface area contributed by atoms with Crippen molar-refractivity contribution in [3.05, 3.63) is 77.6 Å². The monoisotopic (exact) mass is 390 g/mol. The van der Waals surface area contributed by atoms with Gasteiger partial charge in [0.15, 0.2) is 5.78 Å². The van der Waals surface area contributed by atoms with Gasteiger partial charge in [0.25, 0.3) is 5.91 Å². The number of ketones is 1. The summed E-state index contributed by atoms with van der Waals surface area (Å²) in [7, 11) is 1.65. The minimum atomic E-state index is -0.341. The molecule has 7 nitrogen and oxygen atoms in total. The highest BCUT2D eigenvalue weighted by molar-refractivity contribution is 6.04. The van der Waals surface area contributed by atoms with Gasteiger partial charge >= 0.3 is 0 Å². The highest BCUT2D eigenvalue weighted by Crippen LogP contribution is 2.17. The van der Waals surface area contributed by atoms with E-state index >= 15 is 0 Å². The number of methoxy groups -OCH3 is 1. The van der Waals surface area contributed by atoms with Gasteiger partial charge < -0.3 is 15.4 Å². The molecule has 3 rings (SSSR count). The van der Waals surface area contributed by atoms with E-state index in [1.807, 2.05) is 24.3 Å². The molecule has 29 heavy (non-hydrogen) atoms. The molecule has 0 saturated heterocycles. The molecule has 0 aliphatic heterocycles. The Labute approximate surface area is 169 Å². The Bertz CT molecular complexity index is 1000. The molecule has 0 fully saturated rings. The summed E-state index contributed by atoms with van der Waals surface area (Å²) >= 11 is 0. The van der Waals surface area contributed by atoms with Crippen molar-refractivity contribution in [2.45, 2.75) is 13.3 Å². The van der Waals surface area contributed by atoms with Gasteiger partial charge in [0.05, 0.1) is 12.7 Å². The Morgan fingerprint density at radius 3 is 2.48 bits per heavy atom. The number of amides is 1. The Morgan fingerprint density at radius 1 is 1.00 bits per heavy atom. The first-order chi connectivity index (χ1) is 14.1. The van der Waals surface area contributed by atoms with Crippen LogP contribution < -0.4 is 15.4 Å². The number of nitrogens with one attached hydrogen (secondary N) is 2. The number of hydrogen-bond acceptors (Lipinski definition) is 6. The first kappa shape index (κ1) is 20.0. The van der Waals surface area contributed by atoms with Gasteiger partial charge in [-0.15, -0.1) is 0 Å². The number of benzene rings is 2. The molecule has 148 valence electrons. The van der Waals surface area contributed by atoms with Gasteiger partial charge in [-0.3, -0.25) is 9.59 Å². The highest BCUT2D eigenvalue weighted by atomic mass is 16.5. The molecule has 0 bridgehead atoms. The van der Waals surface area contributed by atoms with Crippen molar-refractivity contribution in [3.63, 3.8) is 0 Å². The molecule has 0 aliphatic rings. The maximum Gasteiger partial charge on any atom is 0.258 e. The van der Waals surface area contributed by atoms with Crippen molar-refractivity contribution in [2.24, 2.45) is 0 Å². The van der Waals surface area contributed by atoms with Crippen LogP contribution in [0.3, 0.4) is 0 Å². The molecular formula is C22H22N4O3. The molecule has 0 spiro atoms. The quantitative estimate of drug-likeness (QED) is 0.571. The molecule has 2 aromatic carbocycles. The average molecular weight is 390 g/mol. The molecule has 3 aromatic rings. The van der Waals surface area contributed by atoms with Crippen molar-refractivity contribution in [3.8, 4) is 5.75 Å². The third kappa shape index (κ3) is 5.38. The second-order valence-electron chi connectivity index (χ2n) is 6.38. The molecule has 0 saturated carbocycles. The largest absolute Gasteiger partial charge is 0.496 e. The number of Topliss-reactive ketones (excluding diaryl/α,β-unsaturated/α-hetero) is 1. The molecule has 2 N–H and O–H groups in total. The number of aromatic nitrogens is 2. The van der Waals surface area contributed by atoms with Gasteiger partial charge in [-0.25, -0.2) is 9.97 Å². The molecule has 0 unspecified atom stereocenters. The van der Waals surface area contributed by atoms with Gasteiger partial charge in [-0.1, -0.05) is 30.3 Å². The number of ether oxygens (including phenoxy) is 1. The predicted octanol–water partition coefficient (Wildman–Crippen LogP) is 3.59. The van der Waals surface area contributed by atoms with E-state index in [4.69, 9.17) is 4.74 Å². The lowest BCUT2D eigenvalue weighted by Crippen LogP contribution is -2.14. The zero-order valence-corrected chi connectivity index (χ0v) is 16.3. The van der Waals surface area contributed by atoms with E-state index < -0.39 is 0 Å². The second-order valence-corrected chi connectivity index (χ2v) is 6.38. The number of carbonyl (C=O) groups is 2. The maximum absolute atomic E-state index is 12.4. The molecule has 0 atom stereocenters.